The van der Waals surface area contributed by atoms with E-state index < -0.39 is 0 Å². The van der Waals surface area contributed by atoms with Crippen LogP contribution in [0.3, 0.4) is 0 Å². The lowest BCUT2D eigenvalue weighted by Gasteiger charge is -2.18. The maximum Gasteiger partial charge on any atom is 0.0480 e. The van der Waals surface area contributed by atoms with E-state index in [0.29, 0.717) is 0 Å². The Balaban J connectivity index is 1.76. The first-order valence-electron chi connectivity index (χ1n) is 7.83. The monoisotopic (exact) mass is 256 g/mol. The number of rotatable bonds is 11. The van der Waals surface area contributed by atoms with Gasteiger partial charge in [0, 0.05) is 19.3 Å². The minimum atomic E-state index is 0.783. The van der Waals surface area contributed by atoms with Gasteiger partial charge in [0.25, 0.3) is 0 Å². The normalized spacial score (nSPS) is 20.7. The van der Waals surface area contributed by atoms with Crippen molar-refractivity contribution >= 4 is 0 Å². The molecule has 18 heavy (non-hydrogen) atoms. The molecule has 1 saturated heterocycles. The Labute approximate surface area is 113 Å². The fourth-order valence-corrected chi connectivity index (χ4v) is 2.65. The number of ether oxygens (including phenoxy) is 1. The third-order valence-corrected chi connectivity index (χ3v) is 3.91. The average molecular weight is 256 g/mol. The number of hydrogen-bond donors (Lipinski definition) is 1. The molecule has 1 fully saturated rings. The molecule has 0 amide bonds. The molecule has 0 saturated carbocycles. The van der Waals surface area contributed by atoms with Crippen LogP contribution in [0.15, 0.2) is 0 Å². The van der Waals surface area contributed by atoms with Gasteiger partial charge in [-0.05, 0) is 58.8 Å². The SMILES string of the molecule is CCNCCCCCCOCCC1CCCN1C. The van der Waals surface area contributed by atoms with Gasteiger partial charge in [-0.3, -0.25) is 0 Å². The molecule has 1 aliphatic rings. The first kappa shape index (κ1) is 15.9. The lowest BCUT2D eigenvalue weighted by atomic mass is 10.1. The van der Waals surface area contributed by atoms with Crippen molar-refractivity contribution in [2.75, 3.05) is 39.9 Å². The van der Waals surface area contributed by atoms with Gasteiger partial charge < -0.3 is 15.0 Å². The van der Waals surface area contributed by atoms with Gasteiger partial charge in [0.1, 0.15) is 0 Å². The van der Waals surface area contributed by atoms with E-state index in [1.54, 1.807) is 0 Å². The second-order valence-corrected chi connectivity index (χ2v) is 5.45. The summed E-state index contributed by atoms with van der Waals surface area (Å²) < 4.78 is 5.73. The van der Waals surface area contributed by atoms with E-state index in [1.807, 2.05) is 0 Å². The summed E-state index contributed by atoms with van der Waals surface area (Å²) in [6.45, 7) is 7.61. The van der Waals surface area contributed by atoms with Crippen molar-refractivity contribution < 1.29 is 4.74 Å². The molecule has 1 heterocycles. The molecular weight excluding hydrogens is 224 g/mol. The summed E-state index contributed by atoms with van der Waals surface area (Å²) in [6, 6.07) is 0.783. The smallest absolute Gasteiger partial charge is 0.0480 e. The summed E-state index contributed by atoms with van der Waals surface area (Å²) in [6.07, 6.45) is 9.14. The Morgan fingerprint density at radius 1 is 1.17 bits per heavy atom. The van der Waals surface area contributed by atoms with E-state index in [1.165, 1.54) is 58.0 Å². The average Bonchev–Trinajstić information content (AvgIpc) is 2.77. The van der Waals surface area contributed by atoms with Crippen molar-refractivity contribution in [2.24, 2.45) is 0 Å². The predicted molar refractivity (Wildman–Crippen MR) is 78.1 cm³/mol. The van der Waals surface area contributed by atoms with Gasteiger partial charge in [0.15, 0.2) is 0 Å². The van der Waals surface area contributed by atoms with E-state index in [4.69, 9.17) is 4.74 Å². The maximum atomic E-state index is 5.73. The van der Waals surface area contributed by atoms with E-state index in [-0.39, 0.29) is 0 Å². The molecule has 0 aromatic heterocycles. The van der Waals surface area contributed by atoms with Gasteiger partial charge in [-0.2, -0.15) is 0 Å². The molecule has 1 aliphatic heterocycles. The van der Waals surface area contributed by atoms with Crippen LogP contribution >= 0.6 is 0 Å². The van der Waals surface area contributed by atoms with Gasteiger partial charge in [-0.15, -0.1) is 0 Å². The highest BCUT2D eigenvalue weighted by atomic mass is 16.5. The van der Waals surface area contributed by atoms with Crippen LogP contribution in [-0.4, -0.2) is 50.8 Å². The zero-order valence-electron chi connectivity index (χ0n) is 12.4. The zero-order chi connectivity index (χ0) is 13.1. The molecule has 0 aliphatic carbocycles. The Bertz CT molecular complexity index is 187. The highest BCUT2D eigenvalue weighted by molar-refractivity contribution is 4.75. The summed E-state index contributed by atoms with van der Waals surface area (Å²) in [5, 5.41) is 3.36. The Morgan fingerprint density at radius 2 is 2.00 bits per heavy atom. The molecule has 1 N–H and O–H groups in total. The van der Waals surface area contributed by atoms with Crippen molar-refractivity contribution in [2.45, 2.75) is 57.9 Å². The van der Waals surface area contributed by atoms with Crippen LogP contribution in [-0.2, 0) is 4.74 Å². The van der Waals surface area contributed by atoms with Gasteiger partial charge >= 0.3 is 0 Å². The lowest BCUT2D eigenvalue weighted by Crippen LogP contribution is -2.26. The van der Waals surface area contributed by atoms with Crippen molar-refractivity contribution in [1.29, 1.82) is 0 Å². The van der Waals surface area contributed by atoms with Crippen molar-refractivity contribution in [3.63, 3.8) is 0 Å². The highest BCUT2D eigenvalue weighted by Crippen LogP contribution is 2.17. The molecule has 3 heteroatoms. The molecule has 3 nitrogen and oxygen atoms in total. The summed E-state index contributed by atoms with van der Waals surface area (Å²) >= 11 is 0. The van der Waals surface area contributed by atoms with Gasteiger partial charge in [-0.1, -0.05) is 19.8 Å². The minimum absolute atomic E-state index is 0.783. The van der Waals surface area contributed by atoms with Crippen LogP contribution < -0.4 is 5.32 Å². The lowest BCUT2D eigenvalue weighted by molar-refractivity contribution is 0.110. The van der Waals surface area contributed by atoms with E-state index >= 15 is 0 Å². The summed E-state index contributed by atoms with van der Waals surface area (Å²) in [5.74, 6) is 0. The molecule has 0 bridgehead atoms. The van der Waals surface area contributed by atoms with Crippen LogP contribution in [0.1, 0.15) is 51.9 Å². The quantitative estimate of drug-likeness (QED) is 0.575. The predicted octanol–water partition coefficient (Wildman–Crippen LogP) is 2.66. The Hall–Kier alpha value is -0.120. The van der Waals surface area contributed by atoms with E-state index in [9.17, 15) is 0 Å². The second kappa shape index (κ2) is 10.8. The number of nitrogens with zero attached hydrogens (tertiary/aromatic N) is 1. The molecule has 1 atom stereocenters. The van der Waals surface area contributed by atoms with Crippen LogP contribution in [0.5, 0.6) is 0 Å². The van der Waals surface area contributed by atoms with Gasteiger partial charge in [0.2, 0.25) is 0 Å². The zero-order valence-corrected chi connectivity index (χ0v) is 12.4. The van der Waals surface area contributed by atoms with E-state index in [2.05, 4.69) is 24.2 Å². The topological polar surface area (TPSA) is 24.5 Å². The first-order valence-corrected chi connectivity index (χ1v) is 7.83. The Morgan fingerprint density at radius 3 is 2.72 bits per heavy atom. The molecular formula is C15H32N2O. The third kappa shape index (κ3) is 7.34. The van der Waals surface area contributed by atoms with Crippen LogP contribution in [0.25, 0.3) is 0 Å². The summed E-state index contributed by atoms with van der Waals surface area (Å²) in [5.41, 5.74) is 0. The molecule has 1 rings (SSSR count). The van der Waals surface area contributed by atoms with Crippen molar-refractivity contribution in [3.05, 3.63) is 0 Å². The Kier molecular flexibility index (Phi) is 9.54. The number of unbranched alkanes of at least 4 members (excludes halogenated alkanes) is 3. The van der Waals surface area contributed by atoms with Gasteiger partial charge in [0.05, 0.1) is 0 Å². The second-order valence-electron chi connectivity index (χ2n) is 5.45. The fraction of sp³-hybridized carbons (Fsp3) is 1.00. The summed E-state index contributed by atoms with van der Waals surface area (Å²) in [4.78, 5) is 2.48. The number of hydrogen-bond acceptors (Lipinski definition) is 3. The standard InChI is InChI=1S/C15H32N2O/c1-3-16-11-6-4-5-7-13-18-14-10-15-9-8-12-17(15)2/h15-16H,3-14H2,1-2H3. The third-order valence-electron chi connectivity index (χ3n) is 3.91. The maximum absolute atomic E-state index is 5.73. The highest BCUT2D eigenvalue weighted by Gasteiger charge is 2.19. The molecule has 0 aromatic rings. The number of likely N-dealkylation sites (tertiary alicyclic amines) is 1. The first-order chi connectivity index (χ1) is 8.84. The van der Waals surface area contributed by atoms with Gasteiger partial charge in [-0.25, -0.2) is 0 Å². The molecule has 0 radical (unpaired) electrons. The van der Waals surface area contributed by atoms with Crippen LogP contribution in [0.4, 0.5) is 0 Å². The molecule has 108 valence electrons. The minimum Gasteiger partial charge on any atom is -0.381 e. The molecule has 0 aromatic carbocycles. The van der Waals surface area contributed by atoms with Crippen molar-refractivity contribution in [3.8, 4) is 0 Å². The fourth-order valence-electron chi connectivity index (χ4n) is 2.65. The van der Waals surface area contributed by atoms with Crippen LogP contribution in [0, 0.1) is 0 Å². The van der Waals surface area contributed by atoms with Crippen molar-refractivity contribution in [1.82, 2.24) is 10.2 Å². The molecule has 1 unspecified atom stereocenters. The molecule has 0 spiro atoms. The largest absolute Gasteiger partial charge is 0.381 e. The van der Waals surface area contributed by atoms with E-state index in [0.717, 1.165) is 25.8 Å². The van der Waals surface area contributed by atoms with Crippen LogP contribution in [0.2, 0.25) is 0 Å². The summed E-state index contributed by atoms with van der Waals surface area (Å²) in [7, 11) is 2.24. The number of nitrogens with one attached hydrogen (secondary N) is 1.